The van der Waals surface area contributed by atoms with E-state index in [1.807, 2.05) is 36.1 Å². The van der Waals surface area contributed by atoms with Gasteiger partial charge < -0.3 is 0 Å². The Hall–Kier alpha value is -0.670. The van der Waals surface area contributed by atoms with Crippen LogP contribution in [-0.2, 0) is 7.05 Å². The molecule has 62 valence electrons. The zero-order valence-electron chi connectivity index (χ0n) is 6.49. The largest absolute Gasteiger partial charge is 0.268 e. The van der Waals surface area contributed by atoms with Gasteiger partial charge in [0.05, 0.1) is 11.7 Å². The van der Waals surface area contributed by atoms with E-state index in [0.29, 0.717) is 0 Å². The predicted octanol–water partition coefficient (Wildman–Crippen LogP) is 2.82. The lowest BCUT2D eigenvalue weighted by Gasteiger charge is -1.95. The zero-order chi connectivity index (χ0) is 8.55. The van der Waals surface area contributed by atoms with Crippen LogP contribution in [0.5, 0.6) is 0 Å². The molecule has 0 aliphatic rings. The fraction of sp³-hybridized carbons (Fsp3) is 0.125. The maximum atomic E-state index is 5.62. The van der Waals surface area contributed by atoms with Crippen molar-refractivity contribution in [2.24, 2.45) is 7.05 Å². The molecule has 1 heterocycles. The van der Waals surface area contributed by atoms with Gasteiger partial charge in [-0.15, -0.1) is 0 Å². The molecule has 0 fully saturated rings. The van der Waals surface area contributed by atoms with Crippen molar-refractivity contribution in [2.75, 3.05) is 0 Å². The molecule has 1 aromatic carbocycles. The minimum atomic E-state index is 1.05. The van der Waals surface area contributed by atoms with E-state index in [0.717, 1.165) is 15.8 Å². The van der Waals surface area contributed by atoms with Gasteiger partial charge in [0, 0.05) is 17.3 Å². The summed E-state index contributed by atoms with van der Waals surface area (Å²) in [4.78, 5) is 1.05. The molecule has 2 nitrogen and oxygen atoms in total. The molecule has 2 rings (SSSR count). The van der Waals surface area contributed by atoms with E-state index in [4.69, 9.17) is 10.7 Å². The van der Waals surface area contributed by atoms with Gasteiger partial charge in [0.25, 0.3) is 0 Å². The van der Waals surface area contributed by atoms with Gasteiger partial charge in [0.2, 0.25) is 0 Å². The van der Waals surface area contributed by atoms with Crippen LogP contribution in [0, 0.1) is 0 Å². The summed E-state index contributed by atoms with van der Waals surface area (Å²) in [7, 11) is 8.78. The zero-order valence-corrected chi connectivity index (χ0v) is 8.06. The Kier molecular flexibility index (Phi) is 1.98. The number of benzene rings is 1. The first-order valence-corrected chi connectivity index (χ1v) is 5.16. The van der Waals surface area contributed by atoms with Crippen molar-refractivity contribution in [1.29, 1.82) is 0 Å². The summed E-state index contributed by atoms with van der Waals surface area (Å²) in [6, 6.07) is 6.04. The molecule has 4 heteroatoms. The number of nitrogens with zero attached hydrogens (tertiary/aromatic N) is 2. The highest BCUT2D eigenvalue weighted by molar-refractivity contribution is 8.21. The van der Waals surface area contributed by atoms with Crippen LogP contribution in [-0.4, -0.2) is 9.78 Å². The van der Waals surface area contributed by atoms with Crippen molar-refractivity contribution in [3.8, 4) is 0 Å². The van der Waals surface area contributed by atoms with Gasteiger partial charge in [-0.1, -0.05) is 0 Å². The van der Waals surface area contributed by atoms with E-state index < -0.39 is 0 Å². The first-order valence-electron chi connectivity index (χ1n) is 3.51. The first-order chi connectivity index (χ1) is 5.81. The number of rotatable bonds is 1. The molecule has 0 N–H and O–H groups in total. The number of hydrogen-bond donors (Lipinski definition) is 0. The number of hydrogen-bond acceptors (Lipinski definition) is 2. The van der Waals surface area contributed by atoms with Crippen molar-refractivity contribution < 1.29 is 0 Å². The molecule has 0 saturated heterocycles. The highest BCUT2D eigenvalue weighted by atomic mass is 35.7. The summed E-state index contributed by atoms with van der Waals surface area (Å²) >= 11 is 0. The molecule has 0 aliphatic heterocycles. The van der Waals surface area contributed by atoms with Crippen molar-refractivity contribution in [2.45, 2.75) is 4.90 Å². The van der Waals surface area contributed by atoms with Gasteiger partial charge in [-0.2, -0.15) is 5.10 Å². The summed E-state index contributed by atoms with van der Waals surface area (Å²) in [5, 5.41) is 5.26. The van der Waals surface area contributed by atoms with Crippen molar-refractivity contribution in [1.82, 2.24) is 9.78 Å². The van der Waals surface area contributed by atoms with E-state index >= 15 is 0 Å². The standard InChI is InChI=1S/C8H7ClN2S/c1-11-8-3-2-7(12-9)4-6(8)5-10-11/h2-5H,1H3. The summed E-state index contributed by atoms with van der Waals surface area (Å²) in [5.74, 6) is 0. The lowest BCUT2D eigenvalue weighted by Crippen LogP contribution is -1.87. The molecular weight excluding hydrogens is 192 g/mol. The van der Waals surface area contributed by atoms with Gasteiger partial charge in [-0.25, -0.2) is 0 Å². The van der Waals surface area contributed by atoms with E-state index in [1.54, 1.807) is 0 Å². The Morgan fingerprint density at radius 2 is 2.33 bits per heavy atom. The lowest BCUT2D eigenvalue weighted by molar-refractivity contribution is 0.797. The van der Waals surface area contributed by atoms with E-state index in [9.17, 15) is 0 Å². The van der Waals surface area contributed by atoms with Crippen molar-refractivity contribution >= 4 is 32.6 Å². The van der Waals surface area contributed by atoms with Gasteiger partial charge in [0.1, 0.15) is 0 Å². The second-order valence-electron chi connectivity index (χ2n) is 2.57. The minimum Gasteiger partial charge on any atom is -0.268 e. The molecule has 0 atom stereocenters. The fourth-order valence-electron chi connectivity index (χ4n) is 1.19. The lowest BCUT2D eigenvalue weighted by atomic mass is 10.3. The van der Waals surface area contributed by atoms with Gasteiger partial charge >= 0.3 is 0 Å². The summed E-state index contributed by atoms with van der Waals surface area (Å²) in [6.07, 6.45) is 1.84. The molecule has 0 spiro atoms. The quantitative estimate of drug-likeness (QED) is 0.702. The first kappa shape index (κ1) is 7.95. The van der Waals surface area contributed by atoms with E-state index in [-0.39, 0.29) is 0 Å². The Balaban J connectivity index is 2.69. The van der Waals surface area contributed by atoms with Crippen LogP contribution >= 0.6 is 21.7 Å². The molecule has 0 unspecified atom stereocenters. The highest BCUT2D eigenvalue weighted by Crippen LogP contribution is 2.25. The van der Waals surface area contributed by atoms with Crippen LogP contribution in [0.2, 0.25) is 0 Å². The third kappa shape index (κ3) is 1.19. The van der Waals surface area contributed by atoms with Crippen molar-refractivity contribution in [3.63, 3.8) is 0 Å². The third-order valence-electron chi connectivity index (χ3n) is 1.81. The van der Waals surface area contributed by atoms with Crippen molar-refractivity contribution in [3.05, 3.63) is 24.4 Å². The summed E-state index contributed by atoms with van der Waals surface area (Å²) in [5.41, 5.74) is 1.13. The Morgan fingerprint density at radius 3 is 3.08 bits per heavy atom. The summed E-state index contributed by atoms with van der Waals surface area (Å²) < 4.78 is 1.85. The molecule has 0 saturated carbocycles. The maximum absolute atomic E-state index is 5.62. The average Bonchev–Trinajstić information content (AvgIpc) is 2.47. The predicted molar refractivity (Wildman–Crippen MR) is 52.4 cm³/mol. The average molecular weight is 199 g/mol. The van der Waals surface area contributed by atoms with Crippen LogP contribution in [0.4, 0.5) is 0 Å². The maximum Gasteiger partial charge on any atom is 0.0679 e. The molecular formula is C8H7ClN2S. The number of fused-ring (bicyclic) bond motifs is 1. The number of aromatic nitrogens is 2. The Labute approximate surface area is 79.0 Å². The Bertz CT molecular complexity index is 410. The minimum absolute atomic E-state index is 1.05. The number of halogens is 1. The Morgan fingerprint density at radius 1 is 1.50 bits per heavy atom. The molecule has 0 bridgehead atoms. The molecule has 0 amide bonds. The SMILES string of the molecule is Cn1ncc2cc(SCl)ccc21. The second kappa shape index (κ2) is 2.99. The normalized spacial score (nSPS) is 10.8. The van der Waals surface area contributed by atoms with Crippen LogP contribution < -0.4 is 0 Å². The molecule has 2 aromatic rings. The molecule has 0 radical (unpaired) electrons. The van der Waals surface area contributed by atoms with Gasteiger partial charge in [-0.3, -0.25) is 4.68 Å². The van der Waals surface area contributed by atoms with E-state index in [1.165, 1.54) is 11.0 Å². The molecule has 0 aliphatic carbocycles. The summed E-state index contributed by atoms with van der Waals surface area (Å²) in [6.45, 7) is 0. The monoisotopic (exact) mass is 198 g/mol. The molecule has 1 aromatic heterocycles. The van der Waals surface area contributed by atoms with Gasteiger partial charge in [-0.05, 0) is 39.9 Å². The van der Waals surface area contributed by atoms with Gasteiger partial charge in [0.15, 0.2) is 0 Å². The van der Waals surface area contributed by atoms with Crippen LogP contribution in [0.15, 0.2) is 29.3 Å². The van der Waals surface area contributed by atoms with Crippen LogP contribution in [0.25, 0.3) is 10.9 Å². The van der Waals surface area contributed by atoms with Crippen LogP contribution in [0.1, 0.15) is 0 Å². The second-order valence-corrected chi connectivity index (χ2v) is 3.65. The topological polar surface area (TPSA) is 17.8 Å². The number of aryl methyl sites for hydroxylation is 1. The smallest absolute Gasteiger partial charge is 0.0679 e. The molecule has 12 heavy (non-hydrogen) atoms. The van der Waals surface area contributed by atoms with Crippen LogP contribution in [0.3, 0.4) is 0 Å². The van der Waals surface area contributed by atoms with E-state index in [2.05, 4.69) is 5.10 Å². The third-order valence-corrected chi connectivity index (χ3v) is 2.77. The highest BCUT2D eigenvalue weighted by Gasteiger charge is 1.99. The fourth-order valence-corrected chi connectivity index (χ4v) is 1.77.